The van der Waals surface area contributed by atoms with Crippen LogP contribution in [0.1, 0.15) is 12.5 Å². The number of aromatic nitrogens is 4. The minimum atomic E-state index is 0.227. The number of hydrogen-bond acceptors (Lipinski definition) is 7. The molecule has 1 saturated heterocycles. The molecule has 168 valence electrons. The highest BCUT2D eigenvalue weighted by molar-refractivity contribution is 6.03. The number of H-pyrrole nitrogens is 1. The molecule has 0 spiro atoms. The van der Waals surface area contributed by atoms with Crippen LogP contribution in [0, 0.1) is 6.92 Å². The number of aryl methyl sites for hydroxylation is 1. The van der Waals surface area contributed by atoms with Gasteiger partial charge in [0.15, 0.2) is 11.5 Å². The summed E-state index contributed by atoms with van der Waals surface area (Å²) in [6.07, 6.45) is 3.64. The quantitative estimate of drug-likeness (QED) is 0.512. The number of anilines is 1. The number of nitrogens with zero attached hydrogens (tertiary/aromatic N) is 4. The van der Waals surface area contributed by atoms with Crippen molar-refractivity contribution in [1.82, 2.24) is 20.2 Å². The standard InChI is InChI=1S/C25H25N5O3/c1-15-13-26-24(19-5-6-27-29-19)25-23(15)18(12-22(28-25)30-7-8-31-14-16(30)2)17-3-4-20-21(11-17)33-10-9-32-20/h3-6,11-13,16H,7-10,14H2,1-2H3,(H,27,29)/t16-/m1/s1. The molecule has 1 atom stereocenters. The van der Waals surface area contributed by atoms with Gasteiger partial charge in [-0.2, -0.15) is 5.10 Å². The molecule has 2 aliphatic heterocycles. The molecule has 5 heterocycles. The summed E-state index contributed by atoms with van der Waals surface area (Å²) in [5.74, 6) is 2.46. The predicted molar refractivity (Wildman–Crippen MR) is 126 cm³/mol. The maximum atomic E-state index is 5.88. The van der Waals surface area contributed by atoms with Crippen LogP contribution in [0.2, 0.25) is 0 Å². The van der Waals surface area contributed by atoms with Gasteiger partial charge in [0.05, 0.1) is 24.9 Å². The molecular weight excluding hydrogens is 418 g/mol. The third-order valence-corrected chi connectivity index (χ3v) is 6.28. The molecule has 6 rings (SSSR count). The van der Waals surface area contributed by atoms with Gasteiger partial charge in [-0.1, -0.05) is 6.07 Å². The Kier molecular flexibility index (Phi) is 4.87. The molecule has 0 radical (unpaired) electrons. The van der Waals surface area contributed by atoms with Gasteiger partial charge in [0.2, 0.25) is 0 Å². The summed E-state index contributed by atoms with van der Waals surface area (Å²) in [4.78, 5) is 12.2. The van der Waals surface area contributed by atoms with E-state index >= 15 is 0 Å². The molecule has 0 aliphatic carbocycles. The topological polar surface area (TPSA) is 85.4 Å². The molecule has 0 saturated carbocycles. The molecule has 2 aliphatic rings. The maximum Gasteiger partial charge on any atom is 0.161 e. The molecule has 4 aromatic rings. The largest absolute Gasteiger partial charge is 0.486 e. The van der Waals surface area contributed by atoms with Gasteiger partial charge in [0, 0.05) is 24.3 Å². The van der Waals surface area contributed by atoms with Gasteiger partial charge in [-0.15, -0.1) is 0 Å². The van der Waals surface area contributed by atoms with E-state index in [1.165, 1.54) is 0 Å². The van der Waals surface area contributed by atoms with Crippen molar-refractivity contribution in [2.45, 2.75) is 19.9 Å². The highest BCUT2D eigenvalue weighted by Gasteiger charge is 2.24. The first-order valence-electron chi connectivity index (χ1n) is 11.2. The molecule has 1 fully saturated rings. The summed E-state index contributed by atoms with van der Waals surface area (Å²) in [7, 11) is 0. The number of nitrogens with one attached hydrogen (secondary N) is 1. The van der Waals surface area contributed by atoms with Gasteiger partial charge in [0.25, 0.3) is 0 Å². The van der Waals surface area contributed by atoms with Crippen LogP contribution in [-0.2, 0) is 4.74 Å². The Morgan fingerprint density at radius 1 is 1.06 bits per heavy atom. The lowest BCUT2D eigenvalue weighted by molar-refractivity contribution is 0.0986. The Balaban J connectivity index is 1.62. The Morgan fingerprint density at radius 3 is 2.76 bits per heavy atom. The highest BCUT2D eigenvalue weighted by atomic mass is 16.6. The minimum absolute atomic E-state index is 0.227. The molecule has 1 aromatic carbocycles. The zero-order valence-electron chi connectivity index (χ0n) is 18.7. The smallest absolute Gasteiger partial charge is 0.161 e. The van der Waals surface area contributed by atoms with Gasteiger partial charge in [-0.05, 0) is 54.8 Å². The predicted octanol–water partition coefficient (Wildman–Crippen LogP) is 3.99. The molecular formula is C25H25N5O3. The zero-order chi connectivity index (χ0) is 22.4. The summed E-state index contributed by atoms with van der Waals surface area (Å²) in [5, 5.41) is 8.25. The maximum absolute atomic E-state index is 5.88. The highest BCUT2D eigenvalue weighted by Crippen LogP contribution is 2.40. The average Bonchev–Trinajstić information content (AvgIpc) is 3.38. The van der Waals surface area contributed by atoms with E-state index in [1.54, 1.807) is 6.20 Å². The van der Waals surface area contributed by atoms with Crippen molar-refractivity contribution in [3.63, 3.8) is 0 Å². The second kappa shape index (κ2) is 8.04. The monoisotopic (exact) mass is 443 g/mol. The van der Waals surface area contributed by atoms with Crippen LogP contribution in [0.15, 0.2) is 42.7 Å². The van der Waals surface area contributed by atoms with E-state index in [1.807, 2.05) is 18.3 Å². The lowest BCUT2D eigenvalue weighted by atomic mass is 9.96. The van der Waals surface area contributed by atoms with E-state index in [4.69, 9.17) is 24.2 Å². The SMILES string of the molecule is Cc1cnc(-c2ccn[nH]2)c2nc(N3CCOC[C@H]3C)cc(-c3ccc4c(c3)OCCO4)c12. The van der Waals surface area contributed by atoms with E-state index < -0.39 is 0 Å². The van der Waals surface area contributed by atoms with Gasteiger partial charge in [-0.3, -0.25) is 10.1 Å². The van der Waals surface area contributed by atoms with Crippen molar-refractivity contribution in [1.29, 1.82) is 0 Å². The Bertz CT molecular complexity index is 1320. The Labute approximate surface area is 191 Å². The van der Waals surface area contributed by atoms with Crippen LogP contribution < -0.4 is 14.4 Å². The van der Waals surface area contributed by atoms with Crippen LogP contribution in [0.4, 0.5) is 5.82 Å². The Morgan fingerprint density at radius 2 is 1.94 bits per heavy atom. The van der Waals surface area contributed by atoms with Gasteiger partial charge < -0.3 is 19.1 Å². The van der Waals surface area contributed by atoms with E-state index in [2.05, 4.69) is 47.1 Å². The van der Waals surface area contributed by atoms with Crippen molar-refractivity contribution in [3.8, 4) is 34.0 Å². The molecule has 0 amide bonds. The summed E-state index contributed by atoms with van der Waals surface area (Å²) < 4.78 is 17.3. The molecule has 1 N–H and O–H groups in total. The fourth-order valence-corrected chi connectivity index (χ4v) is 4.63. The van der Waals surface area contributed by atoms with Crippen LogP contribution >= 0.6 is 0 Å². The second-order valence-corrected chi connectivity index (χ2v) is 8.49. The normalized spacial score (nSPS) is 18.0. The minimum Gasteiger partial charge on any atom is -0.486 e. The van der Waals surface area contributed by atoms with Crippen molar-refractivity contribution < 1.29 is 14.2 Å². The van der Waals surface area contributed by atoms with Gasteiger partial charge >= 0.3 is 0 Å². The fourth-order valence-electron chi connectivity index (χ4n) is 4.63. The number of fused-ring (bicyclic) bond motifs is 2. The summed E-state index contributed by atoms with van der Waals surface area (Å²) in [5.41, 5.74) is 5.68. The summed E-state index contributed by atoms with van der Waals surface area (Å²) in [6, 6.07) is 10.5. The van der Waals surface area contributed by atoms with Gasteiger partial charge in [0.1, 0.15) is 30.2 Å². The lowest BCUT2D eigenvalue weighted by Crippen LogP contribution is -2.44. The molecule has 8 nitrogen and oxygen atoms in total. The fraction of sp³-hybridized carbons (Fsp3) is 0.320. The Hall–Kier alpha value is -3.65. The lowest BCUT2D eigenvalue weighted by Gasteiger charge is -2.35. The van der Waals surface area contributed by atoms with Crippen LogP contribution in [-0.4, -0.2) is 59.2 Å². The molecule has 3 aromatic heterocycles. The van der Waals surface area contributed by atoms with Crippen molar-refractivity contribution in [2.24, 2.45) is 0 Å². The second-order valence-electron chi connectivity index (χ2n) is 8.49. The molecule has 0 unspecified atom stereocenters. The van der Waals surface area contributed by atoms with Crippen molar-refractivity contribution in [2.75, 3.05) is 37.9 Å². The van der Waals surface area contributed by atoms with E-state index in [0.717, 1.165) is 62.8 Å². The van der Waals surface area contributed by atoms with E-state index in [9.17, 15) is 0 Å². The molecule has 33 heavy (non-hydrogen) atoms. The van der Waals surface area contributed by atoms with Gasteiger partial charge in [-0.25, -0.2) is 4.98 Å². The number of morpholine rings is 1. The first kappa shape index (κ1) is 20.0. The number of benzene rings is 1. The zero-order valence-corrected chi connectivity index (χ0v) is 18.7. The van der Waals surface area contributed by atoms with Crippen molar-refractivity contribution in [3.05, 3.63) is 48.3 Å². The number of pyridine rings is 2. The first-order valence-corrected chi connectivity index (χ1v) is 11.2. The molecule has 0 bridgehead atoms. The van der Waals surface area contributed by atoms with Crippen LogP contribution in [0.25, 0.3) is 33.4 Å². The number of ether oxygens (including phenoxy) is 3. The average molecular weight is 444 g/mol. The third-order valence-electron chi connectivity index (χ3n) is 6.28. The van der Waals surface area contributed by atoms with E-state index in [0.29, 0.717) is 26.4 Å². The number of rotatable bonds is 3. The van der Waals surface area contributed by atoms with Crippen LogP contribution in [0.3, 0.4) is 0 Å². The number of hydrogen-bond donors (Lipinski definition) is 1. The summed E-state index contributed by atoms with van der Waals surface area (Å²) in [6.45, 7) is 7.52. The van der Waals surface area contributed by atoms with Crippen LogP contribution in [0.5, 0.6) is 11.5 Å². The third kappa shape index (κ3) is 3.47. The first-order chi connectivity index (χ1) is 16.2. The van der Waals surface area contributed by atoms with Crippen molar-refractivity contribution >= 4 is 16.7 Å². The summed E-state index contributed by atoms with van der Waals surface area (Å²) >= 11 is 0. The molecule has 8 heteroatoms. The van der Waals surface area contributed by atoms with E-state index in [-0.39, 0.29) is 6.04 Å². The number of aromatic amines is 1.